The zero-order chi connectivity index (χ0) is 34.2. The van der Waals surface area contributed by atoms with Gasteiger partial charge in [0.1, 0.15) is 11.2 Å². The SMILES string of the molecule is CC(C)(C)c1ccc2c(c1)c1cc3oc4ccccc4c3c3c4cc5c(cc4n2c13)C1(CC2c3ccccc3-c3cccc[n+]3C21)[n+]1ccccc1-5. The number of pyridine rings is 2. The Labute approximate surface area is 300 Å². The van der Waals surface area contributed by atoms with Gasteiger partial charge < -0.3 is 8.82 Å². The Morgan fingerprint density at radius 2 is 1.46 bits per heavy atom. The number of furan rings is 1. The van der Waals surface area contributed by atoms with Crippen LogP contribution in [0.1, 0.15) is 55.8 Å². The highest BCUT2D eigenvalue weighted by atomic mass is 16.3. The van der Waals surface area contributed by atoms with E-state index in [1.165, 1.54) is 88.1 Å². The van der Waals surface area contributed by atoms with Crippen molar-refractivity contribution in [2.45, 2.75) is 50.1 Å². The van der Waals surface area contributed by atoms with Gasteiger partial charge in [0, 0.05) is 74.1 Å². The molecule has 4 nitrogen and oxygen atoms in total. The molecule has 3 atom stereocenters. The molecule has 10 aromatic rings. The second-order valence-electron chi connectivity index (χ2n) is 16.6. The van der Waals surface area contributed by atoms with Crippen molar-refractivity contribution in [2.24, 2.45) is 0 Å². The van der Waals surface area contributed by atoms with Gasteiger partial charge in [-0.3, -0.25) is 0 Å². The van der Waals surface area contributed by atoms with Crippen molar-refractivity contribution in [3.63, 3.8) is 0 Å². The minimum absolute atomic E-state index is 0.0421. The molecular weight excluding hydrogens is 635 g/mol. The van der Waals surface area contributed by atoms with Gasteiger partial charge >= 0.3 is 0 Å². The van der Waals surface area contributed by atoms with E-state index in [0.29, 0.717) is 5.92 Å². The molecule has 0 radical (unpaired) electrons. The minimum Gasteiger partial charge on any atom is -0.456 e. The fraction of sp³-hybridized carbons (Fsp3) is 0.167. The van der Waals surface area contributed by atoms with E-state index in [1.54, 1.807) is 0 Å². The minimum atomic E-state index is -0.214. The number of hydrogen-bond donors (Lipinski definition) is 0. The van der Waals surface area contributed by atoms with Crippen LogP contribution in [0, 0.1) is 0 Å². The van der Waals surface area contributed by atoms with Gasteiger partial charge in [0.2, 0.25) is 17.4 Å². The van der Waals surface area contributed by atoms with Crippen molar-refractivity contribution in [2.75, 3.05) is 0 Å². The smallest absolute Gasteiger partial charge is 0.256 e. The Morgan fingerprint density at radius 3 is 2.37 bits per heavy atom. The zero-order valence-corrected chi connectivity index (χ0v) is 29.3. The molecule has 13 rings (SSSR count). The molecule has 0 saturated heterocycles. The summed E-state index contributed by atoms with van der Waals surface area (Å²) in [5.74, 6) is 0.430. The van der Waals surface area contributed by atoms with Crippen LogP contribution in [0.15, 0.2) is 138 Å². The molecule has 1 saturated carbocycles. The van der Waals surface area contributed by atoms with Gasteiger partial charge in [-0.15, -0.1) is 0 Å². The van der Waals surface area contributed by atoms with Gasteiger partial charge in [0.05, 0.1) is 28.0 Å². The van der Waals surface area contributed by atoms with Crippen LogP contribution >= 0.6 is 0 Å². The molecule has 246 valence electrons. The Morgan fingerprint density at radius 1 is 0.654 bits per heavy atom. The van der Waals surface area contributed by atoms with Crippen LogP contribution in [-0.2, 0) is 11.0 Å². The summed E-state index contributed by atoms with van der Waals surface area (Å²) in [5, 5.41) is 7.54. The maximum Gasteiger partial charge on any atom is 0.256 e. The van der Waals surface area contributed by atoms with Gasteiger partial charge in [-0.25, -0.2) is 0 Å². The Kier molecular flexibility index (Phi) is 4.73. The number of aromatic nitrogens is 3. The first-order valence-corrected chi connectivity index (χ1v) is 18.6. The first-order valence-electron chi connectivity index (χ1n) is 18.6. The zero-order valence-electron chi connectivity index (χ0n) is 29.3. The maximum atomic E-state index is 6.67. The number of nitrogens with zero attached hydrogens (tertiary/aromatic N) is 3. The third kappa shape index (κ3) is 3.02. The maximum absolute atomic E-state index is 6.67. The van der Waals surface area contributed by atoms with Gasteiger partial charge in [-0.05, 0) is 71.1 Å². The van der Waals surface area contributed by atoms with E-state index in [1.807, 2.05) is 0 Å². The molecule has 2 aliphatic heterocycles. The first kappa shape index (κ1) is 27.7. The molecule has 3 unspecified atom stereocenters. The van der Waals surface area contributed by atoms with E-state index in [9.17, 15) is 0 Å². The van der Waals surface area contributed by atoms with Crippen molar-refractivity contribution in [3.8, 4) is 22.5 Å². The molecule has 5 aromatic carbocycles. The molecule has 1 spiro atoms. The van der Waals surface area contributed by atoms with E-state index in [4.69, 9.17) is 4.42 Å². The summed E-state index contributed by atoms with van der Waals surface area (Å²) in [5.41, 5.74) is 15.1. The molecule has 1 aliphatic carbocycles. The molecule has 0 amide bonds. The number of rotatable bonds is 0. The van der Waals surface area contributed by atoms with Crippen molar-refractivity contribution in [1.29, 1.82) is 0 Å². The normalized spacial score (nSPS) is 20.2. The monoisotopic (exact) mass is 669 g/mol. The Balaban J connectivity index is 1.19. The van der Waals surface area contributed by atoms with Crippen molar-refractivity contribution >= 4 is 60.0 Å². The molecule has 0 bridgehead atoms. The van der Waals surface area contributed by atoms with Gasteiger partial charge in [-0.2, -0.15) is 9.13 Å². The van der Waals surface area contributed by atoms with Crippen molar-refractivity contribution in [3.05, 3.63) is 150 Å². The van der Waals surface area contributed by atoms with Gasteiger partial charge in [0.15, 0.2) is 12.4 Å². The van der Waals surface area contributed by atoms with E-state index in [0.717, 1.165) is 17.6 Å². The van der Waals surface area contributed by atoms with Crippen LogP contribution in [0.2, 0.25) is 0 Å². The molecule has 1 fully saturated rings. The van der Waals surface area contributed by atoms with Gasteiger partial charge in [-0.1, -0.05) is 63.2 Å². The van der Waals surface area contributed by atoms with Crippen LogP contribution < -0.4 is 9.13 Å². The Bertz CT molecular complexity index is 3230. The van der Waals surface area contributed by atoms with Crippen LogP contribution in [0.25, 0.3) is 82.5 Å². The largest absolute Gasteiger partial charge is 0.456 e. The molecule has 52 heavy (non-hydrogen) atoms. The molecule has 4 heteroatoms. The predicted octanol–water partition coefficient (Wildman–Crippen LogP) is 10.7. The fourth-order valence-corrected chi connectivity index (χ4v) is 11.0. The second kappa shape index (κ2) is 8.89. The number of para-hydroxylation sites is 1. The first-order chi connectivity index (χ1) is 25.4. The molecule has 0 N–H and O–H groups in total. The predicted molar refractivity (Wildman–Crippen MR) is 208 cm³/mol. The summed E-state index contributed by atoms with van der Waals surface area (Å²) in [6.07, 6.45) is 5.72. The van der Waals surface area contributed by atoms with Crippen LogP contribution in [0.5, 0.6) is 0 Å². The third-order valence-corrected chi connectivity index (χ3v) is 13.2. The quantitative estimate of drug-likeness (QED) is 0.148. The van der Waals surface area contributed by atoms with Gasteiger partial charge in [0.25, 0.3) is 5.54 Å². The van der Waals surface area contributed by atoms with E-state index >= 15 is 0 Å². The molecule has 7 heterocycles. The average Bonchev–Trinajstić information content (AvgIpc) is 3.87. The lowest BCUT2D eigenvalue weighted by molar-refractivity contribution is -0.852. The lowest BCUT2D eigenvalue weighted by Crippen LogP contribution is -2.74. The molecule has 5 aromatic heterocycles. The summed E-state index contributed by atoms with van der Waals surface area (Å²) in [6, 6.07) is 45.9. The average molecular weight is 670 g/mol. The highest BCUT2D eigenvalue weighted by molar-refractivity contribution is 6.35. The Hall–Kier alpha value is -6.00. The molecular formula is C48H35N3O+2. The summed E-state index contributed by atoms with van der Waals surface area (Å²) in [4.78, 5) is 0. The highest BCUT2D eigenvalue weighted by Crippen LogP contribution is 2.63. The van der Waals surface area contributed by atoms with E-state index in [2.05, 4.69) is 168 Å². The number of fused-ring (bicyclic) bond motifs is 22. The van der Waals surface area contributed by atoms with E-state index < -0.39 is 0 Å². The summed E-state index contributed by atoms with van der Waals surface area (Å²) >= 11 is 0. The lowest BCUT2D eigenvalue weighted by Gasteiger charge is -2.47. The fourth-order valence-electron chi connectivity index (χ4n) is 11.0. The van der Waals surface area contributed by atoms with Crippen LogP contribution in [-0.4, -0.2) is 4.40 Å². The number of benzene rings is 5. The van der Waals surface area contributed by atoms with Crippen LogP contribution in [0.4, 0.5) is 0 Å². The molecule has 3 aliphatic rings. The summed E-state index contributed by atoms with van der Waals surface area (Å²) < 4.78 is 14.5. The summed E-state index contributed by atoms with van der Waals surface area (Å²) in [6.45, 7) is 6.92. The third-order valence-electron chi connectivity index (χ3n) is 13.2. The summed E-state index contributed by atoms with van der Waals surface area (Å²) in [7, 11) is 0. The van der Waals surface area contributed by atoms with Crippen LogP contribution in [0.3, 0.4) is 0 Å². The topological polar surface area (TPSA) is 25.3 Å². The second-order valence-corrected chi connectivity index (χ2v) is 16.6. The van der Waals surface area contributed by atoms with Crippen molar-refractivity contribution in [1.82, 2.24) is 4.40 Å². The van der Waals surface area contributed by atoms with Crippen molar-refractivity contribution < 1.29 is 13.6 Å². The number of hydrogen-bond acceptors (Lipinski definition) is 1. The standard InChI is InChI=1S/C48H35N3O/c1-47(2,3)27-18-19-39-31(22-27)32-24-42-43(30-14-6-7-17-41(30)52-42)44-34-23-33-36(25-40(34)51(39)45(32)44)48(50-21-11-9-16-38(33)50)26-35-28-12-4-5-13-29(28)37-15-8-10-20-49(37)46(35)48/h4-25,35,46H,26H2,1-3H3/q+2. The highest BCUT2D eigenvalue weighted by Gasteiger charge is 2.74. The lowest BCUT2D eigenvalue weighted by atomic mass is 9.56. The van der Waals surface area contributed by atoms with E-state index in [-0.39, 0.29) is 17.0 Å².